The standard InChI is InChI=1S/C108H195N5O28S6/c1-15-20-24-28-32-36-76-142-82-89(7)103(122)136-70-65-131-98(117)45-56-112(57-46-99(118)132-66-71-137-104(123)90(8)83-143-77-37-33-29-25-21-16-2)60-80-146-86-93(11)107(126)140-74-63-129-95(114)42-53-110(50-40-49-109(13)14)51-41-52-111(54-43-96(115)128-62-69-135-102(121)88(6)19-5)55-44-97(116)130-64-75-141-108(127)94(12)87-147-81-61-113(58-47-100(119)133-67-72-138-105(124)91(9)84-144-78-38-34-30-26-22-17-3)59-48-101(120)134-68-73-139-106(125)92(10)85-145-79-39-35-31-27-23-18-4/h88-94H,15-87H2,1-14H3. The Kier molecular flexibility index (Phi) is 96.1. The van der Waals surface area contributed by atoms with Gasteiger partial charge in [0.1, 0.15) is 92.5 Å². The third-order valence-corrected chi connectivity index (χ3v) is 31.6. The van der Waals surface area contributed by atoms with Gasteiger partial charge in [0, 0.05) is 105 Å². The van der Waals surface area contributed by atoms with Gasteiger partial charge in [-0.25, -0.2) is 0 Å². The molecule has 0 radical (unpaired) electrons. The summed E-state index contributed by atoms with van der Waals surface area (Å²) in [7, 11) is 3.95. The summed E-state index contributed by atoms with van der Waals surface area (Å²) in [6.45, 7) is 26.6. The highest BCUT2D eigenvalue weighted by molar-refractivity contribution is 8.00. The number of carbonyl (C=O) groups is 14. The maximum Gasteiger partial charge on any atom is 0.309 e. The Morgan fingerprint density at radius 2 is 0.347 bits per heavy atom. The summed E-state index contributed by atoms with van der Waals surface area (Å²) in [5.41, 5.74) is 0. The van der Waals surface area contributed by atoms with E-state index in [1.807, 2.05) is 63.4 Å². The highest BCUT2D eigenvalue weighted by atomic mass is 32.2. The monoisotopic (exact) mass is 2200 g/mol. The van der Waals surface area contributed by atoms with Crippen molar-refractivity contribution in [3.63, 3.8) is 0 Å². The predicted octanol–water partition coefficient (Wildman–Crippen LogP) is 17.6. The second-order valence-electron chi connectivity index (χ2n) is 38.1. The Morgan fingerprint density at radius 1 is 0.184 bits per heavy atom. The first kappa shape index (κ1) is 141. The van der Waals surface area contributed by atoms with Crippen molar-refractivity contribution in [2.75, 3.05) is 261 Å². The van der Waals surface area contributed by atoms with Gasteiger partial charge in [0.25, 0.3) is 0 Å². The van der Waals surface area contributed by atoms with Crippen LogP contribution in [-0.4, -0.2) is 369 Å². The van der Waals surface area contributed by atoms with Crippen molar-refractivity contribution in [2.24, 2.45) is 41.4 Å². The highest BCUT2D eigenvalue weighted by Gasteiger charge is 2.26. The molecule has 0 fully saturated rings. The molecule has 7 unspecified atom stereocenters. The number of carbonyl (C=O) groups excluding carboxylic acids is 14. The number of hydrogen-bond acceptors (Lipinski definition) is 39. The Balaban J connectivity index is 5.76. The molecule has 0 aromatic rings. The summed E-state index contributed by atoms with van der Waals surface area (Å²) in [5.74, 6) is -0.475. The fraction of sp³-hybridized carbons (Fsp3) is 0.870. The van der Waals surface area contributed by atoms with E-state index in [-0.39, 0.29) is 236 Å². The van der Waals surface area contributed by atoms with Crippen molar-refractivity contribution in [1.82, 2.24) is 24.5 Å². The molecule has 33 nitrogen and oxygen atoms in total. The molecule has 0 aliphatic carbocycles. The zero-order valence-corrected chi connectivity index (χ0v) is 97.7. The molecule has 0 aliphatic heterocycles. The number of unbranched alkanes of at least 4 members (excludes halogenated alkanes) is 20. The topological polar surface area (TPSA) is 384 Å². The molecular formula is C108H195N5O28S6. The van der Waals surface area contributed by atoms with Crippen molar-refractivity contribution in [1.29, 1.82) is 0 Å². The quantitative estimate of drug-likeness (QED) is 0.0310. The Bertz CT molecular complexity index is 3280. The number of rotatable bonds is 104. The van der Waals surface area contributed by atoms with Gasteiger partial charge in [-0.15, -0.1) is 0 Å². The van der Waals surface area contributed by atoms with Crippen molar-refractivity contribution in [3.05, 3.63) is 0 Å². The molecular weight excluding hydrogens is 2010 g/mol. The molecule has 856 valence electrons. The Morgan fingerprint density at radius 3 is 0.544 bits per heavy atom. The first-order chi connectivity index (χ1) is 70.9. The van der Waals surface area contributed by atoms with Gasteiger partial charge in [-0.3, -0.25) is 67.1 Å². The lowest BCUT2D eigenvalue weighted by atomic mass is 10.1. The molecule has 7 atom stereocenters. The van der Waals surface area contributed by atoms with Gasteiger partial charge in [-0.05, 0) is 108 Å². The minimum absolute atomic E-state index is 0.00216. The van der Waals surface area contributed by atoms with Gasteiger partial charge in [0.2, 0.25) is 0 Å². The van der Waals surface area contributed by atoms with Crippen LogP contribution in [0.2, 0.25) is 0 Å². The second-order valence-corrected chi connectivity index (χ2v) is 45.0. The van der Waals surface area contributed by atoms with Gasteiger partial charge in [0.15, 0.2) is 0 Å². The molecule has 0 spiro atoms. The van der Waals surface area contributed by atoms with Crippen LogP contribution in [0.1, 0.15) is 301 Å². The van der Waals surface area contributed by atoms with Crippen molar-refractivity contribution >= 4 is 154 Å². The van der Waals surface area contributed by atoms with Crippen molar-refractivity contribution in [2.45, 2.75) is 301 Å². The summed E-state index contributed by atoms with van der Waals surface area (Å²) in [6.07, 6.45) is 30.9. The summed E-state index contributed by atoms with van der Waals surface area (Å²) in [6, 6.07) is 0. The van der Waals surface area contributed by atoms with Gasteiger partial charge >= 0.3 is 83.6 Å². The van der Waals surface area contributed by atoms with Crippen molar-refractivity contribution < 1.29 is 133 Å². The Hall–Kier alpha value is -5.52. The second kappa shape index (κ2) is 99.8. The fourth-order valence-corrected chi connectivity index (χ4v) is 20.6. The van der Waals surface area contributed by atoms with E-state index in [0.717, 1.165) is 61.7 Å². The number of esters is 14. The molecule has 0 heterocycles. The molecule has 0 aliphatic rings. The first-order valence-corrected chi connectivity index (χ1v) is 62.1. The summed E-state index contributed by atoms with van der Waals surface area (Å²) >= 11 is 9.93. The van der Waals surface area contributed by atoms with E-state index < -0.39 is 65.6 Å². The lowest BCUT2D eigenvalue weighted by molar-refractivity contribution is -0.155. The molecule has 0 N–H and O–H groups in total. The van der Waals surface area contributed by atoms with Crippen LogP contribution in [-0.2, 0) is 133 Å². The third-order valence-electron chi connectivity index (χ3n) is 23.9. The maximum atomic E-state index is 13.3. The Labute approximate surface area is 909 Å². The molecule has 0 aromatic heterocycles. The van der Waals surface area contributed by atoms with Gasteiger partial charge < -0.3 is 90.8 Å². The van der Waals surface area contributed by atoms with E-state index in [1.165, 1.54) is 152 Å². The number of hydrogen-bond donors (Lipinski definition) is 0. The fourth-order valence-electron chi connectivity index (χ4n) is 14.3. The van der Waals surface area contributed by atoms with Crippen LogP contribution in [0.5, 0.6) is 0 Å². The first-order valence-electron chi connectivity index (χ1n) is 55.2. The average molecular weight is 2200 g/mol. The van der Waals surface area contributed by atoms with E-state index in [0.29, 0.717) is 98.1 Å². The molecule has 0 aromatic carbocycles. The van der Waals surface area contributed by atoms with E-state index in [9.17, 15) is 67.1 Å². The van der Waals surface area contributed by atoms with Crippen LogP contribution in [0, 0.1) is 41.4 Å². The van der Waals surface area contributed by atoms with E-state index in [2.05, 4.69) is 37.5 Å². The molecule has 0 saturated carbocycles. The molecule has 0 rings (SSSR count). The normalized spacial score (nSPS) is 12.9. The summed E-state index contributed by atoms with van der Waals surface area (Å²) < 4.78 is 76.2. The van der Waals surface area contributed by atoms with Crippen LogP contribution in [0.3, 0.4) is 0 Å². The zero-order valence-electron chi connectivity index (χ0n) is 92.8. The van der Waals surface area contributed by atoms with Crippen molar-refractivity contribution in [3.8, 4) is 0 Å². The van der Waals surface area contributed by atoms with Crippen LogP contribution in [0.15, 0.2) is 0 Å². The van der Waals surface area contributed by atoms with Crippen LogP contribution >= 0.6 is 70.6 Å². The van der Waals surface area contributed by atoms with Crippen LogP contribution in [0.25, 0.3) is 0 Å². The van der Waals surface area contributed by atoms with E-state index in [4.69, 9.17) is 66.3 Å². The largest absolute Gasteiger partial charge is 0.462 e. The lowest BCUT2D eigenvalue weighted by Gasteiger charge is -2.26. The maximum absolute atomic E-state index is 13.3. The van der Waals surface area contributed by atoms with Crippen LogP contribution in [0.4, 0.5) is 0 Å². The molecule has 0 bridgehead atoms. The SMILES string of the molecule is CCCCCCCCSCC(C)C(=O)OCCOC(=O)CCN(CCSCC(C)C(=O)OCCOC(=O)CCN(CCCN(C)C)CCCN(CCC(=O)OCCOC(=O)C(C)CC)CCC(=O)OCCOC(=O)C(C)CSCCN(CCC(=O)OCCOC(=O)C(C)CSCCCCCCCC)CCC(=O)OCCOC(=O)C(C)CSCCCCCCCC)CCC(=O)OCCOC(=O)C(C)CSCCCCCCCC. The van der Waals surface area contributed by atoms with Crippen LogP contribution < -0.4 is 0 Å². The highest BCUT2D eigenvalue weighted by Crippen LogP contribution is 2.22. The predicted molar refractivity (Wildman–Crippen MR) is 591 cm³/mol. The molecule has 0 saturated heterocycles. The molecule has 0 amide bonds. The summed E-state index contributed by atoms with van der Waals surface area (Å²) in [5, 5.41) is 0. The number of thioether (sulfide) groups is 6. The lowest BCUT2D eigenvalue weighted by Crippen LogP contribution is -2.35. The third kappa shape index (κ3) is 88.5. The number of nitrogens with zero attached hydrogens (tertiary/aromatic N) is 5. The zero-order chi connectivity index (χ0) is 109. The summed E-state index contributed by atoms with van der Waals surface area (Å²) in [4.78, 5) is 191. The molecule has 147 heavy (non-hydrogen) atoms. The number of ether oxygens (including phenoxy) is 14. The van der Waals surface area contributed by atoms with Gasteiger partial charge in [-0.1, -0.05) is 212 Å². The van der Waals surface area contributed by atoms with Gasteiger partial charge in [-0.2, -0.15) is 70.6 Å². The minimum atomic E-state index is -0.557. The van der Waals surface area contributed by atoms with E-state index >= 15 is 0 Å². The average Bonchev–Trinajstić information content (AvgIpc) is 0.940. The van der Waals surface area contributed by atoms with E-state index in [1.54, 1.807) is 67.8 Å². The molecule has 39 heteroatoms. The minimum Gasteiger partial charge on any atom is -0.462 e. The smallest absolute Gasteiger partial charge is 0.309 e. The van der Waals surface area contributed by atoms with Gasteiger partial charge in [0.05, 0.1) is 86.4 Å².